The van der Waals surface area contributed by atoms with E-state index in [4.69, 9.17) is 4.98 Å². The summed E-state index contributed by atoms with van der Waals surface area (Å²) in [5.74, 6) is 0.236. The molecule has 2 aromatic carbocycles. The molecule has 0 aliphatic heterocycles. The molecule has 3 aromatic heterocycles. The molecule has 0 saturated carbocycles. The number of pyridine rings is 1. The van der Waals surface area contributed by atoms with Crippen LogP contribution in [-0.2, 0) is 11.3 Å². The van der Waals surface area contributed by atoms with E-state index in [1.54, 1.807) is 6.92 Å². The van der Waals surface area contributed by atoms with Crippen molar-refractivity contribution in [1.82, 2.24) is 14.5 Å². The number of anilines is 1. The van der Waals surface area contributed by atoms with Crippen LogP contribution in [0.1, 0.15) is 17.0 Å². The topological polar surface area (TPSA) is 76.9 Å². The third kappa shape index (κ3) is 3.81. The first-order valence-electron chi connectivity index (χ1n) is 10.6. The summed E-state index contributed by atoms with van der Waals surface area (Å²) >= 11 is 1.32. The van der Waals surface area contributed by atoms with Crippen LogP contribution in [0.3, 0.4) is 0 Å². The highest BCUT2D eigenvalue weighted by molar-refractivity contribution is 7.25. The second-order valence-corrected chi connectivity index (χ2v) is 9.06. The normalized spacial score (nSPS) is 11.2. The molecule has 1 amide bonds. The molecule has 0 fully saturated rings. The number of aryl methyl sites for hydroxylation is 3. The molecular weight excluding hydrogens is 432 g/mol. The van der Waals surface area contributed by atoms with Crippen molar-refractivity contribution in [3.05, 3.63) is 88.0 Å². The Labute approximate surface area is 194 Å². The van der Waals surface area contributed by atoms with E-state index in [1.165, 1.54) is 15.9 Å². The number of benzene rings is 2. The number of para-hydroxylation sites is 1. The summed E-state index contributed by atoms with van der Waals surface area (Å²) in [5, 5.41) is 3.80. The van der Waals surface area contributed by atoms with Gasteiger partial charge in [0.25, 0.3) is 5.56 Å². The summed E-state index contributed by atoms with van der Waals surface area (Å²) in [4.78, 5) is 36.3. The van der Waals surface area contributed by atoms with Crippen LogP contribution >= 0.6 is 11.3 Å². The van der Waals surface area contributed by atoms with Gasteiger partial charge in [0.2, 0.25) is 5.91 Å². The molecule has 7 heteroatoms. The lowest BCUT2D eigenvalue weighted by atomic mass is 10.1. The first-order chi connectivity index (χ1) is 15.9. The van der Waals surface area contributed by atoms with Crippen molar-refractivity contribution in [3.8, 4) is 11.3 Å². The van der Waals surface area contributed by atoms with Gasteiger partial charge in [-0.15, -0.1) is 11.3 Å². The molecular formula is C26H22N4O2S. The quantitative estimate of drug-likeness (QED) is 0.403. The molecule has 0 aliphatic rings. The van der Waals surface area contributed by atoms with Crippen molar-refractivity contribution in [2.24, 2.45) is 0 Å². The van der Waals surface area contributed by atoms with Gasteiger partial charge in [-0.25, -0.2) is 9.97 Å². The molecule has 33 heavy (non-hydrogen) atoms. The number of thiophene rings is 1. The molecule has 0 radical (unpaired) electrons. The number of carbonyl (C=O) groups is 1. The van der Waals surface area contributed by atoms with Crippen LogP contribution in [0.15, 0.2) is 65.5 Å². The van der Waals surface area contributed by atoms with Crippen molar-refractivity contribution in [3.63, 3.8) is 0 Å². The van der Waals surface area contributed by atoms with E-state index < -0.39 is 0 Å². The number of nitrogens with one attached hydrogen (secondary N) is 1. The molecule has 5 rings (SSSR count). The van der Waals surface area contributed by atoms with E-state index in [1.807, 2.05) is 74.5 Å². The molecule has 0 atom stereocenters. The average molecular weight is 455 g/mol. The zero-order valence-electron chi connectivity index (χ0n) is 18.5. The van der Waals surface area contributed by atoms with Gasteiger partial charge in [-0.05, 0) is 44.0 Å². The zero-order chi connectivity index (χ0) is 23.1. The molecule has 0 saturated heterocycles. The maximum absolute atomic E-state index is 13.3. The Balaban J connectivity index is 1.53. The molecule has 0 spiro atoms. The fraction of sp³-hybridized carbons (Fsp3) is 0.154. The van der Waals surface area contributed by atoms with Gasteiger partial charge in [0.05, 0.1) is 11.2 Å². The second-order valence-electron chi connectivity index (χ2n) is 8.06. The SMILES string of the molecule is Cc1cccc(C)c1NC(=O)Cn1c(C)nc2c(sc3nc(-c4ccccc4)ccc32)c1=O. The molecule has 1 N–H and O–H groups in total. The summed E-state index contributed by atoms with van der Waals surface area (Å²) in [6.07, 6.45) is 0. The predicted molar refractivity (Wildman–Crippen MR) is 134 cm³/mol. The molecule has 5 aromatic rings. The van der Waals surface area contributed by atoms with Crippen molar-refractivity contribution in [1.29, 1.82) is 0 Å². The van der Waals surface area contributed by atoms with Gasteiger partial charge in [-0.1, -0.05) is 48.5 Å². The highest BCUT2D eigenvalue weighted by Crippen LogP contribution is 2.31. The minimum absolute atomic E-state index is 0.0989. The Morgan fingerprint density at radius 3 is 2.39 bits per heavy atom. The number of hydrogen-bond donors (Lipinski definition) is 1. The fourth-order valence-electron chi connectivity index (χ4n) is 4.00. The number of rotatable bonds is 4. The largest absolute Gasteiger partial charge is 0.324 e. The Bertz CT molecular complexity index is 1570. The van der Waals surface area contributed by atoms with E-state index in [0.717, 1.165) is 38.3 Å². The van der Waals surface area contributed by atoms with Crippen molar-refractivity contribution in [2.75, 3.05) is 5.32 Å². The number of fused-ring (bicyclic) bond motifs is 3. The van der Waals surface area contributed by atoms with Gasteiger partial charge in [-0.2, -0.15) is 0 Å². The van der Waals surface area contributed by atoms with Crippen LogP contribution < -0.4 is 10.9 Å². The summed E-state index contributed by atoms with van der Waals surface area (Å²) in [6.45, 7) is 5.55. The van der Waals surface area contributed by atoms with Crippen molar-refractivity contribution >= 4 is 43.4 Å². The highest BCUT2D eigenvalue weighted by atomic mass is 32.1. The predicted octanol–water partition coefficient (Wildman–Crippen LogP) is 5.24. The minimum Gasteiger partial charge on any atom is -0.324 e. The number of carbonyl (C=O) groups excluding carboxylic acids is 1. The Kier molecular flexibility index (Phi) is 5.26. The van der Waals surface area contributed by atoms with Crippen LogP contribution in [-0.4, -0.2) is 20.4 Å². The van der Waals surface area contributed by atoms with Crippen LogP contribution in [0.2, 0.25) is 0 Å². The van der Waals surface area contributed by atoms with Gasteiger partial charge in [0.1, 0.15) is 21.9 Å². The van der Waals surface area contributed by atoms with E-state index in [9.17, 15) is 9.59 Å². The van der Waals surface area contributed by atoms with Gasteiger partial charge in [0.15, 0.2) is 0 Å². The van der Waals surface area contributed by atoms with Gasteiger partial charge in [-0.3, -0.25) is 14.2 Å². The molecule has 0 unspecified atom stereocenters. The van der Waals surface area contributed by atoms with E-state index in [2.05, 4.69) is 10.3 Å². The maximum Gasteiger partial charge on any atom is 0.272 e. The lowest BCUT2D eigenvalue weighted by molar-refractivity contribution is -0.116. The smallest absolute Gasteiger partial charge is 0.272 e. The van der Waals surface area contributed by atoms with Crippen LogP contribution in [0, 0.1) is 20.8 Å². The third-order valence-corrected chi connectivity index (χ3v) is 6.83. The van der Waals surface area contributed by atoms with Crippen molar-refractivity contribution < 1.29 is 4.79 Å². The summed E-state index contributed by atoms with van der Waals surface area (Å²) < 4.78 is 1.94. The van der Waals surface area contributed by atoms with Gasteiger partial charge >= 0.3 is 0 Å². The zero-order valence-corrected chi connectivity index (χ0v) is 19.4. The second kappa shape index (κ2) is 8.26. The minimum atomic E-state index is -0.260. The average Bonchev–Trinajstić information content (AvgIpc) is 3.17. The van der Waals surface area contributed by atoms with Crippen LogP contribution in [0.5, 0.6) is 0 Å². The standard InChI is InChI=1S/C26H22N4O2S/c1-15-8-7-9-16(2)22(15)29-21(31)14-30-17(3)27-23-19-12-13-20(18-10-5-4-6-11-18)28-25(19)33-24(23)26(30)32/h4-13H,14H2,1-3H3,(H,29,31). The third-order valence-electron chi connectivity index (χ3n) is 5.75. The van der Waals surface area contributed by atoms with E-state index in [-0.39, 0.29) is 18.0 Å². The summed E-state index contributed by atoms with van der Waals surface area (Å²) in [7, 11) is 0. The Morgan fingerprint density at radius 1 is 0.939 bits per heavy atom. The number of nitrogens with zero attached hydrogens (tertiary/aromatic N) is 3. The maximum atomic E-state index is 13.3. The number of amides is 1. The first-order valence-corrected chi connectivity index (χ1v) is 11.5. The molecule has 0 aliphatic carbocycles. The van der Waals surface area contributed by atoms with Crippen molar-refractivity contribution in [2.45, 2.75) is 27.3 Å². The van der Waals surface area contributed by atoms with E-state index >= 15 is 0 Å². The fourth-order valence-corrected chi connectivity index (χ4v) is 5.07. The van der Waals surface area contributed by atoms with E-state index in [0.29, 0.717) is 16.0 Å². The van der Waals surface area contributed by atoms with Crippen LogP contribution in [0.4, 0.5) is 5.69 Å². The summed E-state index contributed by atoms with van der Waals surface area (Å²) in [6, 6.07) is 19.7. The van der Waals surface area contributed by atoms with Crippen LogP contribution in [0.25, 0.3) is 31.7 Å². The van der Waals surface area contributed by atoms with Gasteiger partial charge < -0.3 is 5.32 Å². The van der Waals surface area contributed by atoms with Gasteiger partial charge in [0, 0.05) is 16.6 Å². The Morgan fingerprint density at radius 2 is 1.67 bits per heavy atom. The lowest BCUT2D eigenvalue weighted by Gasteiger charge is -2.13. The molecule has 0 bridgehead atoms. The molecule has 6 nitrogen and oxygen atoms in total. The monoisotopic (exact) mass is 454 g/mol. The molecule has 3 heterocycles. The summed E-state index contributed by atoms with van der Waals surface area (Å²) in [5.41, 5.74) is 5.01. The highest BCUT2D eigenvalue weighted by Gasteiger charge is 2.18. The molecule has 164 valence electrons. The number of aromatic nitrogens is 3. The lowest BCUT2D eigenvalue weighted by Crippen LogP contribution is -2.30. The first kappa shape index (κ1) is 21.0. The Hall–Kier alpha value is -3.84. The number of hydrogen-bond acceptors (Lipinski definition) is 5.